The van der Waals surface area contributed by atoms with E-state index < -0.39 is 5.79 Å². The Kier molecular flexibility index (Phi) is 2.62. The molecule has 2 N–H and O–H groups in total. The highest BCUT2D eigenvalue weighted by Gasteiger charge is 2.23. The molecule has 0 bridgehead atoms. The second kappa shape index (κ2) is 2.80. The molecule has 1 unspecified atom stereocenters. The SMILES string of the molecule is C=CC(C)C(O)(O)C=C. The van der Waals surface area contributed by atoms with Gasteiger partial charge in [-0.15, -0.1) is 6.58 Å². The van der Waals surface area contributed by atoms with Crippen molar-refractivity contribution in [3.63, 3.8) is 0 Å². The molecule has 0 saturated carbocycles. The van der Waals surface area contributed by atoms with Crippen molar-refractivity contribution >= 4 is 0 Å². The Morgan fingerprint density at radius 2 is 1.89 bits per heavy atom. The smallest absolute Gasteiger partial charge is 0.188 e. The maximum Gasteiger partial charge on any atom is 0.188 e. The van der Waals surface area contributed by atoms with Gasteiger partial charge in [-0.1, -0.05) is 19.6 Å². The van der Waals surface area contributed by atoms with Crippen LogP contribution in [0.15, 0.2) is 25.3 Å². The molecule has 2 heteroatoms. The second-order valence-electron chi connectivity index (χ2n) is 2.01. The summed E-state index contributed by atoms with van der Waals surface area (Å²) in [5, 5.41) is 17.9. The van der Waals surface area contributed by atoms with E-state index in [0.29, 0.717) is 0 Å². The van der Waals surface area contributed by atoms with Crippen LogP contribution >= 0.6 is 0 Å². The first-order valence-electron chi connectivity index (χ1n) is 2.75. The van der Waals surface area contributed by atoms with E-state index in [9.17, 15) is 0 Å². The summed E-state index contributed by atoms with van der Waals surface area (Å²) in [5.74, 6) is -2.18. The molecule has 2 nitrogen and oxygen atoms in total. The Balaban J connectivity index is 4.11. The lowest BCUT2D eigenvalue weighted by molar-refractivity contribution is -0.142. The zero-order valence-corrected chi connectivity index (χ0v) is 5.54. The van der Waals surface area contributed by atoms with Crippen LogP contribution in [0.25, 0.3) is 0 Å². The molecule has 0 fully saturated rings. The van der Waals surface area contributed by atoms with E-state index in [1.807, 2.05) is 0 Å². The maximum absolute atomic E-state index is 8.96. The normalized spacial score (nSPS) is 14.6. The molecule has 9 heavy (non-hydrogen) atoms. The Bertz CT molecular complexity index is 116. The van der Waals surface area contributed by atoms with Gasteiger partial charge in [-0.05, 0) is 6.08 Å². The van der Waals surface area contributed by atoms with E-state index >= 15 is 0 Å². The summed E-state index contributed by atoms with van der Waals surface area (Å²) in [5.41, 5.74) is 0. The Morgan fingerprint density at radius 1 is 1.44 bits per heavy atom. The minimum Gasteiger partial charge on any atom is -0.362 e. The summed E-state index contributed by atoms with van der Waals surface area (Å²) < 4.78 is 0. The van der Waals surface area contributed by atoms with Crippen LogP contribution in [-0.4, -0.2) is 16.0 Å². The van der Waals surface area contributed by atoms with E-state index in [2.05, 4.69) is 13.2 Å². The summed E-state index contributed by atoms with van der Waals surface area (Å²) in [7, 11) is 0. The van der Waals surface area contributed by atoms with Crippen LogP contribution < -0.4 is 0 Å². The first-order valence-corrected chi connectivity index (χ1v) is 2.75. The van der Waals surface area contributed by atoms with E-state index in [1.165, 1.54) is 6.08 Å². The third-order valence-electron chi connectivity index (χ3n) is 1.32. The van der Waals surface area contributed by atoms with Gasteiger partial charge >= 0.3 is 0 Å². The lowest BCUT2D eigenvalue weighted by Crippen LogP contribution is -2.31. The Labute approximate surface area is 55.1 Å². The molecule has 0 spiro atoms. The van der Waals surface area contributed by atoms with Crippen LogP contribution in [0.5, 0.6) is 0 Å². The maximum atomic E-state index is 8.96. The van der Waals surface area contributed by atoms with Gasteiger partial charge in [0.05, 0.1) is 0 Å². The number of hydrogen-bond donors (Lipinski definition) is 2. The third-order valence-corrected chi connectivity index (χ3v) is 1.32. The molecule has 1 atom stereocenters. The fourth-order valence-corrected chi connectivity index (χ4v) is 0.359. The van der Waals surface area contributed by atoms with Crippen molar-refractivity contribution in [2.75, 3.05) is 0 Å². The van der Waals surface area contributed by atoms with Crippen molar-refractivity contribution < 1.29 is 10.2 Å². The summed E-state index contributed by atoms with van der Waals surface area (Å²) in [6.07, 6.45) is 2.54. The van der Waals surface area contributed by atoms with Crippen LogP contribution in [-0.2, 0) is 0 Å². The first kappa shape index (κ1) is 8.40. The molecule has 0 aliphatic rings. The molecule has 0 amide bonds. The highest BCUT2D eigenvalue weighted by molar-refractivity contribution is 4.96. The largest absolute Gasteiger partial charge is 0.362 e. The molecule has 0 aliphatic heterocycles. The fraction of sp³-hybridized carbons (Fsp3) is 0.429. The quantitative estimate of drug-likeness (QED) is 0.433. The van der Waals surface area contributed by atoms with E-state index in [-0.39, 0.29) is 5.92 Å². The summed E-state index contributed by atoms with van der Waals surface area (Å²) in [6.45, 7) is 8.31. The van der Waals surface area contributed by atoms with Gasteiger partial charge in [0.2, 0.25) is 0 Å². The zero-order chi connectivity index (χ0) is 7.49. The van der Waals surface area contributed by atoms with Crippen molar-refractivity contribution in [2.45, 2.75) is 12.7 Å². The molecule has 0 heterocycles. The topological polar surface area (TPSA) is 40.5 Å². The van der Waals surface area contributed by atoms with Crippen molar-refractivity contribution in [3.05, 3.63) is 25.3 Å². The van der Waals surface area contributed by atoms with Crippen LogP contribution in [0.2, 0.25) is 0 Å². The minimum absolute atomic E-state index is 0.380. The predicted octanol–water partition coefficient (Wildman–Crippen LogP) is 0.675. The van der Waals surface area contributed by atoms with Gasteiger partial charge in [-0.2, -0.15) is 0 Å². The highest BCUT2D eigenvalue weighted by atomic mass is 16.5. The van der Waals surface area contributed by atoms with Crippen molar-refractivity contribution in [1.82, 2.24) is 0 Å². The third kappa shape index (κ3) is 2.00. The van der Waals surface area contributed by atoms with E-state index in [0.717, 1.165) is 6.08 Å². The monoisotopic (exact) mass is 128 g/mol. The molecular weight excluding hydrogens is 116 g/mol. The molecular formula is C7H12O2. The van der Waals surface area contributed by atoms with Crippen molar-refractivity contribution in [3.8, 4) is 0 Å². The van der Waals surface area contributed by atoms with Gasteiger partial charge < -0.3 is 10.2 Å². The summed E-state index contributed by atoms with van der Waals surface area (Å²) in [6, 6.07) is 0. The molecule has 0 rings (SSSR count). The predicted molar refractivity (Wildman–Crippen MR) is 36.7 cm³/mol. The standard InChI is InChI=1S/C7H12O2/c1-4-6(3)7(8,9)5-2/h4-6,8-9H,1-2H2,3H3. The van der Waals surface area contributed by atoms with Crippen LogP contribution in [0.1, 0.15) is 6.92 Å². The van der Waals surface area contributed by atoms with E-state index in [1.54, 1.807) is 6.92 Å². The molecule has 0 radical (unpaired) electrons. The lowest BCUT2D eigenvalue weighted by Gasteiger charge is -2.21. The fourth-order valence-electron chi connectivity index (χ4n) is 0.359. The van der Waals surface area contributed by atoms with Gasteiger partial charge in [0, 0.05) is 5.92 Å². The molecule has 0 aliphatic carbocycles. The summed E-state index contributed by atoms with van der Waals surface area (Å²) >= 11 is 0. The van der Waals surface area contributed by atoms with Gasteiger partial charge in [-0.25, -0.2) is 0 Å². The van der Waals surface area contributed by atoms with Gasteiger partial charge in [0.1, 0.15) is 0 Å². The molecule has 52 valence electrons. The van der Waals surface area contributed by atoms with Gasteiger partial charge in [0.15, 0.2) is 5.79 Å². The van der Waals surface area contributed by atoms with Crippen LogP contribution in [0, 0.1) is 5.92 Å². The summed E-state index contributed by atoms with van der Waals surface area (Å²) in [4.78, 5) is 0. The molecule has 0 saturated heterocycles. The van der Waals surface area contributed by atoms with Crippen LogP contribution in [0.3, 0.4) is 0 Å². The van der Waals surface area contributed by atoms with Crippen molar-refractivity contribution in [1.29, 1.82) is 0 Å². The zero-order valence-electron chi connectivity index (χ0n) is 5.54. The highest BCUT2D eigenvalue weighted by Crippen LogP contribution is 2.14. The number of hydrogen-bond acceptors (Lipinski definition) is 2. The first-order chi connectivity index (χ1) is 4.04. The average molecular weight is 128 g/mol. The molecule has 0 aromatic heterocycles. The molecule has 0 aromatic rings. The molecule has 0 aromatic carbocycles. The Hall–Kier alpha value is -0.600. The average Bonchev–Trinajstić information content (AvgIpc) is 1.86. The number of aliphatic hydroxyl groups is 2. The van der Waals surface area contributed by atoms with E-state index in [4.69, 9.17) is 10.2 Å². The Morgan fingerprint density at radius 3 is 2.00 bits per heavy atom. The minimum atomic E-state index is -1.80. The van der Waals surface area contributed by atoms with Gasteiger partial charge in [0.25, 0.3) is 0 Å². The van der Waals surface area contributed by atoms with Gasteiger partial charge in [-0.3, -0.25) is 0 Å². The second-order valence-corrected chi connectivity index (χ2v) is 2.01. The number of rotatable bonds is 3. The van der Waals surface area contributed by atoms with Crippen molar-refractivity contribution in [2.24, 2.45) is 5.92 Å². The van der Waals surface area contributed by atoms with Crippen LogP contribution in [0.4, 0.5) is 0 Å². The lowest BCUT2D eigenvalue weighted by atomic mass is 10.0.